The van der Waals surface area contributed by atoms with Gasteiger partial charge in [0.2, 0.25) is 11.8 Å². The number of likely N-dealkylation sites (tertiary alicyclic amines) is 1. The van der Waals surface area contributed by atoms with Gasteiger partial charge in [0.25, 0.3) is 5.91 Å². The van der Waals surface area contributed by atoms with Crippen molar-refractivity contribution in [1.29, 1.82) is 0 Å². The molecule has 2 heterocycles. The molecule has 3 amide bonds. The van der Waals surface area contributed by atoms with Crippen LogP contribution in [0.5, 0.6) is 0 Å². The highest BCUT2D eigenvalue weighted by Gasteiger charge is 2.27. The molecule has 7 heteroatoms. The first-order valence-electron chi connectivity index (χ1n) is 10.9. The number of para-hydroxylation sites is 1. The summed E-state index contributed by atoms with van der Waals surface area (Å²) in [6.45, 7) is 1.10. The molecule has 164 valence electrons. The number of hydrazine groups is 1. The predicted octanol–water partition coefficient (Wildman–Crippen LogP) is 2.87. The topological polar surface area (TPSA) is 91.4 Å². The van der Waals surface area contributed by atoms with E-state index in [1.165, 1.54) is 0 Å². The molecule has 4 rings (SSSR count). The number of carbonyl (C=O) groups is 3. The Balaban J connectivity index is 1.21. The molecule has 32 heavy (non-hydrogen) atoms. The van der Waals surface area contributed by atoms with Gasteiger partial charge in [0, 0.05) is 30.8 Å². The van der Waals surface area contributed by atoms with Crippen LogP contribution in [0, 0.1) is 5.92 Å². The van der Waals surface area contributed by atoms with E-state index in [9.17, 15) is 14.4 Å². The lowest BCUT2D eigenvalue weighted by Crippen LogP contribution is -2.48. The second kappa shape index (κ2) is 10.0. The Bertz CT molecular complexity index is 1110. The van der Waals surface area contributed by atoms with Crippen molar-refractivity contribution < 1.29 is 14.4 Å². The van der Waals surface area contributed by atoms with Gasteiger partial charge in [-0.15, -0.1) is 0 Å². The van der Waals surface area contributed by atoms with Gasteiger partial charge in [-0.3, -0.25) is 25.2 Å². The zero-order valence-electron chi connectivity index (χ0n) is 17.8. The van der Waals surface area contributed by atoms with Crippen molar-refractivity contribution in [2.24, 2.45) is 5.92 Å². The third-order valence-electron chi connectivity index (χ3n) is 5.82. The highest BCUT2D eigenvalue weighted by molar-refractivity contribution is 5.96. The van der Waals surface area contributed by atoms with E-state index >= 15 is 0 Å². The number of piperidine rings is 1. The summed E-state index contributed by atoms with van der Waals surface area (Å²) in [5, 5.41) is 0.943. The Morgan fingerprint density at radius 2 is 1.59 bits per heavy atom. The standard InChI is InChI=1S/C25H26N4O3/c30-23(13-10-18-6-2-1-3-7-18)29-16-14-20(15-17-29)24(31)27-28-25(32)22-12-11-19-8-4-5-9-21(19)26-22/h1-9,11-12,20H,10,13-17H2,(H,27,31)(H,28,32). The van der Waals surface area contributed by atoms with Crippen molar-refractivity contribution in [2.75, 3.05) is 13.1 Å². The molecule has 1 aliphatic heterocycles. The summed E-state index contributed by atoms with van der Waals surface area (Å²) in [4.78, 5) is 43.5. The maximum atomic E-state index is 12.5. The molecule has 0 atom stereocenters. The summed E-state index contributed by atoms with van der Waals surface area (Å²) in [6, 6.07) is 20.9. The molecule has 1 aliphatic rings. The molecule has 1 saturated heterocycles. The third kappa shape index (κ3) is 5.29. The number of hydrogen-bond donors (Lipinski definition) is 2. The van der Waals surface area contributed by atoms with Gasteiger partial charge < -0.3 is 4.90 Å². The fraction of sp³-hybridized carbons (Fsp3) is 0.280. The Hall–Kier alpha value is -3.74. The van der Waals surface area contributed by atoms with Crippen molar-refractivity contribution in [3.05, 3.63) is 78.0 Å². The third-order valence-corrected chi connectivity index (χ3v) is 5.82. The summed E-state index contributed by atoms with van der Waals surface area (Å²) >= 11 is 0. The van der Waals surface area contributed by atoms with Crippen LogP contribution in [-0.2, 0) is 16.0 Å². The SMILES string of the molecule is O=C(NNC(=O)C1CCN(C(=O)CCc2ccccc2)CC1)c1ccc2ccccc2n1. The number of carbonyl (C=O) groups excluding carboxylic acids is 3. The number of nitrogens with zero attached hydrogens (tertiary/aromatic N) is 2. The maximum absolute atomic E-state index is 12.5. The minimum Gasteiger partial charge on any atom is -0.343 e. The summed E-state index contributed by atoms with van der Waals surface area (Å²) in [6.07, 6.45) is 2.34. The van der Waals surface area contributed by atoms with Gasteiger partial charge in [0.05, 0.1) is 5.52 Å². The van der Waals surface area contributed by atoms with Crippen LogP contribution >= 0.6 is 0 Å². The second-order valence-electron chi connectivity index (χ2n) is 7.97. The van der Waals surface area contributed by atoms with Crippen LogP contribution in [-0.4, -0.2) is 40.7 Å². The van der Waals surface area contributed by atoms with Crippen molar-refractivity contribution >= 4 is 28.6 Å². The van der Waals surface area contributed by atoms with Crippen LogP contribution in [0.1, 0.15) is 35.3 Å². The minimum absolute atomic E-state index is 0.114. The molecule has 0 saturated carbocycles. The fourth-order valence-electron chi connectivity index (χ4n) is 3.92. The number of hydrogen-bond acceptors (Lipinski definition) is 4. The molecule has 2 aromatic carbocycles. The summed E-state index contributed by atoms with van der Waals surface area (Å²) in [5.74, 6) is -0.824. The average molecular weight is 431 g/mol. The van der Waals surface area contributed by atoms with Crippen LogP contribution in [0.4, 0.5) is 0 Å². The van der Waals surface area contributed by atoms with Crippen molar-refractivity contribution in [3.63, 3.8) is 0 Å². The smallest absolute Gasteiger partial charge is 0.288 e. The lowest BCUT2D eigenvalue weighted by atomic mass is 9.95. The molecule has 1 fully saturated rings. The van der Waals surface area contributed by atoms with E-state index in [0.29, 0.717) is 32.4 Å². The van der Waals surface area contributed by atoms with Gasteiger partial charge in [-0.2, -0.15) is 0 Å². The summed E-state index contributed by atoms with van der Waals surface area (Å²) < 4.78 is 0. The van der Waals surface area contributed by atoms with E-state index in [2.05, 4.69) is 15.8 Å². The molecule has 7 nitrogen and oxygen atoms in total. The monoisotopic (exact) mass is 430 g/mol. The Labute approximate surface area is 186 Å². The van der Waals surface area contributed by atoms with Gasteiger partial charge in [-0.25, -0.2) is 4.98 Å². The fourth-order valence-corrected chi connectivity index (χ4v) is 3.92. The van der Waals surface area contributed by atoms with Crippen LogP contribution in [0.25, 0.3) is 10.9 Å². The summed E-state index contributed by atoms with van der Waals surface area (Å²) in [7, 11) is 0. The van der Waals surface area contributed by atoms with Gasteiger partial charge in [0.1, 0.15) is 5.69 Å². The molecule has 2 N–H and O–H groups in total. The van der Waals surface area contributed by atoms with Crippen molar-refractivity contribution in [3.8, 4) is 0 Å². The molecular weight excluding hydrogens is 404 g/mol. The number of rotatable bonds is 5. The molecule has 1 aromatic heterocycles. The zero-order valence-corrected chi connectivity index (χ0v) is 17.8. The number of aromatic nitrogens is 1. The normalized spacial score (nSPS) is 14.2. The first-order valence-corrected chi connectivity index (χ1v) is 10.9. The van der Waals surface area contributed by atoms with Crippen molar-refractivity contribution in [2.45, 2.75) is 25.7 Å². The minimum atomic E-state index is -0.461. The molecule has 3 aromatic rings. The first kappa shape index (κ1) is 21.5. The van der Waals surface area contributed by atoms with Gasteiger partial charge in [0.15, 0.2) is 0 Å². The molecule has 0 unspecified atom stereocenters. The van der Waals surface area contributed by atoms with E-state index in [1.54, 1.807) is 6.07 Å². The number of fused-ring (bicyclic) bond motifs is 1. The maximum Gasteiger partial charge on any atom is 0.288 e. The molecule has 0 spiro atoms. The van der Waals surface area contributed by atoms with E-state index in [0.717, 1.165) is 22.9 Å². The zero-order chi connectivity index (χ0) is 22.3. The Kier molecular flexibility index (Phi) is 6.75. The van der Waals surface area contributed by atoms with Crippen LogP contribution in [0.15, 0.2) is 66.7 Å². The van der Waals surface area contributed by atoms with Gasteiger partial charge in [-0.1, -0.05) is 54.6 Å². The quantitative estimate of drug-likeness (QED) is 0.609. The van der Waals surface area contributed by atoms with E-state index in [-0.39, 0.29) is 23.4 Å². The van der Waals surface area contributed by atoms with E-state index in [4.69, 9.17) is 0 Å². The molecule has 0 aliphatic carbocycles. The number of nitrogens with one attached hydrogen (secondary N) is 2. The number of amides is 3. The highest BCUT2D eigenvalue weighted by Crippen LogP contribution is 2.18. The van der Waals surface area contributed by atoms with Crippen molar-refractivity contribution in [1.82, 2.24) is 20.7 Å². The first-order chi connectivity index (χ1) is 15.6. The van der Waals surface area contributed by atoms with E-state index in [1.807, 2.05) is 65.6 Å². The summed E-state index contributed by atoms with van der Waals surface area (Å²) in [5.41, 5.74) is 7.06. The molecule has 0 bridgehead atoms. The Morgan fingerprint density at radius 3 is 2.38 bits per heavy atom. The lowest BCUT2D eigenvalue weighted by Gasteiger charge is -2.31. The number of benzene rings is 2. The average Bonchev–Trinajstić information content (AvgIpc) is 2.86. The highest BCUT2D eigenvalue weighted by atomic mass is 16.2. The molecule has 0 radical (unpaired) electrons. The van der Waals surface area contributed by atoms with Gasteiger partial charge in [-0.05, 0) is 37.0 Å². The Morgan fingerprint density at radius 1 is 0.875 bits per heavy atom. The molecular formula is C25H26N4O3. The predicted molar refractivity (Wildman–Crippen MR) is 121 cm³/mol. The van der Waals surface area contributed by atoms with E-state index < -0.39 is 5.91 Å². The second-order valence-corrected chi connectivity index (χ2v) is 7.97. The van der Waals surface area contributed by atoms with Crippen LogP contribution in [0.2, 0.25) is 0 Å². The van der Waals surface area contributed by atoms with Gasteiger partial charge >= 0.3 is 0 Å². The number of aryl methyl sites for hydroxylation is 1. The largest absolute Gasteiger partial charge is 0.343 e. The van der Waals surface area contributed by atoms with Crippen LogP contribution in [0.3, 0.4) is 0 Å². The van der Waals surface area contributed by atoms with Crippen LogP contribution < -0.4 is 10.9 Å². The lowest BCUT2D eigenvalue weighted by molar-refractivity contribution is -0.135. The number of pyridine rings is 1.